The minimum Gasteiger partial charge on any atom is -0.307 e. The summed E-state index contributed by atoms with van der Waals surface area (Å²) in [5, 5.41) is 11.4. The van der Waals surface area contributed by atoms with Crippen LogP contribution in [0.1, 0.15) is 5.69 Å². The Bertz CT molecular complexity index is 971. The first kappa shape index (κ1) is 12.9. The van der Waals surface area contributed by atoms with Gasteiger partial charge in [0.2, 0.25) is 0 Å². The van der Waals surface area contributed by atoms with Crippen LogP contribution in [-0.4, -0.2) is 14.8 Å². The van der Waals surface area contributed by atoms with Gasteiger partial charge in [-0.15, -0.1) is 0 Å². The van der Waals surface area contributed by atoms with Crippen LogP contribution in [0.5, 0.6) is 0 Å². The highest BCUT2D eigenvalue weighted by atomic mass is 16.5. The van der Waals surface area contributed by atoms with Gasteiger partial charge in [-0.3, -0.25) is 15.7 Å². The third-order valence-electron chi connectivity index (χ3n) is 4.02. The molecular weight excluding hydrogens is 274 g/mol. The van der Waals surface area contributed by atoms with Gasteiger partial charge in [-0.2, -0.15) is 0 Å². The molecule has 0 unspecified atom stereocenters. The van der Waals surface area contributed by atoms with Crippen LogP contribution >= 0.6 is 0 Å². The molecule has 0 amide bonds. The van der Waals surface area contributed by atoms with Crippen molar-refractivity contribution in [1.29, 1.82) is 0 Å². The molecule has 2 heterocycles. The lowest BCUT2D eigenvalue weighted by molar-refractivity contribution is 0.389. The lowest BCUT2D eigenvalue weighted by Gasteiger charge is -2.09. The SMILES string of the molecule is Cc1nccc2c3ccccc3n(-c3ccc(NO)cc3)c12. The Balaban J connectivity index is 2.13. The van der Waals surface area contributed by atoms with E-state index in [1.807, 2.05) is 43.5 Å². The summed E-state index contributed by atoms with van der Waals surface area (Å²) in [5.74, 6) is 0. The Morgan fingerprint density at radius 1 is 0.955 bits per heavy atom. The normalized spacial score (nSPS) is 11.2. The lowest BCUT2D eigenvalue weighted by Crippen LogP contribution is -1.97. The zero-order valence-electron chi connectivity index (χ0n) is 12.1. The van der Waals surface area contributed by atoms with Crippen molar-refractivity contribution < 1.29 is 5.21 Å². The summed E-state index contributed by atoms with van der Waals surface area (Å²) in [4.78, 5) is 4.45. The van der Waals surface area contributed by atoms with E-state index >= 15 is 0 Å². The van der Waals surface area contributed by atoms with Gasteiger partial charge in [-0.25, -0.2) is 0 Å². The molecule has 4 aromatic rings. The number of benzene rings is 2. The van der Waals surface area contributed by atoms with Crippen LogP contribution in [0, 0.1) is 6.92 Å². The van der Waals surface area contributed by atoms with Crippen LogP contribution in [0.3, 0.4) is 0 Å². The smallest absolute Gasteiger partial charge is 0.0753 e. The highest BCUT2D eigenvalue weighted by Crippen LogP contribution is 2.33. The molecule has 0 radical (unpaired) electrons. The molecule has 2 N–H and O–H groups in total. The van der Waals surface area contributed by atoms with Gasteiger partial charge in [0.1, 0.15) is 0 Å². The molecule has 2 aromatic carbocycles. The van der Waals surface area contributed by atoms with Crippen molar-refractivity contribution in [3.05, 3.63) is 66.5 Å². The van der Waals surface area contributed by atoms with E-state index < -0.39 is 0 Å². The fraction of sp³-hybridized carbons (Fsp3) is 0.0556. The molecule has 0 bridgehead atoms. The Kier molecular flexibility index (Phi) is 2.84. The van der Waals surface area contributed by atoms with E-state index in [9.17, 15) is 0 Å². The summed E-state index contributed by atoms with van der Waals surface area (Å²) < 4.78 is 2.22. The summed E-state index contributed by atoms with van der Waals surface area (Å²) in [7, 11) is 0. The number of fused-ring (bicyclic) bond motifs is 3. The predicted octanol–water partition coefficient (Wildman–Crippen LogP) is 4.29. The topological polar surface area (TPSA) is 50.1 Å². The van der Waals surface area contributed by atoms with Crippen molar-refractivity contribution in [3.63, 3.8) is 0 Å². The molecule has 0 spiro atoms. The molecule has 0 saturated carbocycles. The van der Waals surface area contributed by atoms with E-state index in [1.54, 1.807) is 0 Å². The Hall–Kier alpha value is -2.85. The molecule has 4 heteroatoms. The van der Waals surface area contributed by atoms with E-state index in [0.717, 1.165) is 22.4 Å². The molecule has 108 valence electrons. The van der Waals surface area contributed by atoms with Gasteiger partial charge in [0, 0.05) is 22.7 Å². The Labute approximate surface area is 127 Å². The number of nitrogens with zero attached hydrogens (tertiary/aromatic N) is 2. The van der Waals surface area contributed by atoms with Gasteiger partial charge in [0.25, 0.3) is 0 Å². The number of nitrogens with one attached hydrogen (secondary N) is 1. The first-order valence-corrected chi connectivity index (χ1v) is 7.15. The monoisotopic (exact) mass is 289 g/mol. The number of pyridine rings is 1. The van der Waals surface area contributed by atoms with Crippen molar-refractivity contribution in [2.45, 2.75) is 6.92 Å². The van der Waals surface area contributed by atoms with E-state index in [1.165, 1.54) is 10.8 Å². The number of anilines is 1. The highest BCUT2D eigenvalue weighted by molar-refractivity contribution is 6.09. The van der Waals surface area contributed by atoms with Crippen LogP contribution in [-0.2, 0) is 0 Å². The fourth-order valence-corrected chi connectivity index (χ4v) is 3.03. The average molecular weight is 289 g/mol. The molecule has 4 rings (SSSR count). The van der Waals surface area contributed by atoms with Crippen LogP contribution in [0.15, 0.2) is 60.8 Å². The summed E-state index contributed by atoms with van der Waals surface area (Å²) in [6, 6.07) is 18.1. The fourth-order valence-electron chi connectivity index (χ4n) is 3.03. The molecule has 4 nitrogen and oxygen atoms in total. The summed E-state index contributed by atoms with van der Waals surface area (Å²) >= 11 is 0. The van der Waals surface area contributed by atoms with Gasteiger partial charge in [0.15, 0.2) is 0 Å². The Morgan fingerprint density at radius 3 is 2.50 bits per heavy atom. The highest BCUT2D eigenvalue weighted by Gasteiger charge is 2.13. The van der Waals surface area contributed by atoms with Crippen molar-refractivity contribution in [2.75, 3.05) is 5.48 Å². The van der Waals surface area contributed by atoms with Gasteiger partial charge < -0.3 is 4.57 Å². The standard InChI is InChI=1S/C18H15N3O/c1-12-18-16(10-11-19-12)15-4-2-3-5-17(15)21(18)14-8-6-13(20-22)7-9-14/h2-11,20,22H,1H3. The lowest BCUT2D eigenvalue weighted by atomic mass is 10.2. The van der Waals surface area contributed by atoms with Crippen molar-refractivity contribution in [1.82, 2.24) is 9.55 Å². The molecule has 0 fully saturated rings. The zero-order valence-corrected chi connectivity index (χ0v) is 12.1. The third kappa shape index (κ3) is 1.78. The number of aromatic nitrogens is 2. The minimum atomic E-state index is 0.666. The van der Waals surface area contributed by atoms with E-state index in [4.69, 9.17) is 5.21 Å². The second-order valence-electron chi connectivity index (χ2n) is 5.30. The van der Waals surface area contributed by atoms with Crippen LogP contribution < -0.4 is 5.48 Å². The second kappa shape index (κ2) is 4.86. The maximum atomic E-state index is 8.98. The number of aryl methyl sites for hydroxylation is 1. The number of hydrogen-bond acceptors (Lipinski definition) is 3. The third-order valence-corrected chi connectivity index (χ3v) is 4.02. The molecule has 22 heavy (non-hydrogen) atoms. The quantitative estimate of drug-likeness (QED) is 0.541. The van der Waals surface area contributed by atoms with Crippen LogP contribution in [0.2, 0.25) is 0 Å². The zero-order chi connectivity index (χ0) is 15.1. The van der Waals surface area contributed by atoms with Crippen LogP contribution in [0.4, 0.5) is 5.69 Å². The average Bonchev–Trinajstić information content (AvgIpc) is 2.91. The van der Waals surface area contributed by atoms with Crippen molar-refractivity contribution >= 4 is 27.5 Å². The van der Waals surface area contributed by atoms with Crippen LogP contribution in [0.25, 0.3) is 27.5 Å². The van der Waals surface area contributed by atoms with Gasteiger partial charge in [-0.1, -0.05) is 18.2 Å². The van der Waals surface area contributed by atoms with Gasteiger partial charge in [0.05, 0.1) is 22.4 Å². The molecule has 0 aliphatic carbocycles. The number of hydrogen-bond donors (Lipinski definition) is 2. The van der Waals surface area contributed by atoms with Crippen molar-refractivity contribution in [2.24, 2.45) is 0 Å². The maximum Gasteiger partial charge on any atom is 0.0753 e. The predicted molar refractivity (Wildman–Crippen MR) is 88.7 cm³/mol. The van der Waals surface area contributed by atoms with E-state index in [-0.39, 0.29) is 0 Å². The second-order valence-corrected chi connectivity index (χ2v) is 5.30. The Morgan fingerprint density at radius 2 is 1.73 bits per heavy atom. The number of rotatable bonds is 2. The number of para-hydroxylation sites is 1. The maximum absolute atomic E-state index is 8.98. The van der Waals surface area contributed by atoms with E-state index in [0.29, 0.717) is 5.69 Å². The molecule has 0 saturated heterocycles. The first-order valence-electron chi connectivity index (χ1n) is 7.15. The minimum absolute atomic E-state index is 0.666. The van der Waals surface area contributed by atoms with Gasteiger partial charge >= 0.3 is 0 Å². The summed E-state index contributed by atoms with van der Waals surface area (Å²) in [5.41, 5.74) is 7.14. The van der Waals surface area contributed by atoms with Gasteiger partial charge in [-0.05, 0) is 43.3 Å². The van der Waals surface area contributed by atoms with Crippen molar-refractivity contribution in [3.8, 4) is 5.69 Å². The molecule has 0 aliphatic rings. The summed E-state index contributed by atoms with van der Waals surface area (Å²) in [6.45, 7) is 2.03. The summed E-state index contributed by atoms with van der Waals surface area (Å²) in [6.07, 6.45) is 1.85. The molecule has 2 aromatic heterocycles. The molecule has 0 atom stereocenters. The first-order chi connectivity index (χ1) is 10.8. The molecule has 0 aliphatic heterocycles. The van der Waals surface area contributed by atoms with E-state index in [2.05, 4.69) is 39.3 Å². The molecular formula is C18H15N3O. The largest absolute Gasteiger partial charge is 0.307 e.